The minimum atomic E-state index is -0.179. The Morgan fingerprint density at radius 1 is 1.43 bits per heavy atom. The third kappa shape index (κ3) is 3.44. The van der Waals surface area contributed by atoms with E-state index < -0.39 is 0 Å². The fourth-order valence-corrected chi connectivity index (χ4v) is 1.29. The highest BCUT2D eigenvalue weighted by Gasteiger charge is 2.00. The maximum Gasteiger partial charge on any atom is 0.123 e. The van der Waals surface area contributed by atoms with Crippen LogP contribution in [0.4, 0.5) is 4.39 Å². The standard InChI is InChI=1S/C11H17FN2/c1-8-3-10(5-11(12)4-8)7-14-9(2)6-13/h3-5,9,14H,6-7,13H2,1-2H3/t9-/m0/s1. The predicted octanol–water partition coefficient (Wildman–Crippen LogP) is 1.57. The SMILES string of the molecule is Cc1cc(F)cc(CN[C@@H](C)CN)c1. The number of benzene rings is 1. The molecule has 14 heavy (non-hydrogen) atoms. The van der Waals surface area contributed by atoms with E-state index in [4.69, 9.17) is 5.73 Å². The smallest absolute Gasteiger partial charge is 0.123 e. The molecule has 0 saturated heterocycles. The summed E-state index contributed by atoms with van der Waals surface area (Å²) < 4.78 is 13.0. The summed E-state index contributed by atoms with van der Waals surface area (Å²) in [5, 5.41) is 3.21. The molecule has 0 saturated carbocycles. The molecule has 2 nitrogen and oxygen atoms in total. The highest BCUT2D eigenvalue weighted by Crippen LogP contribution is 2.08. The zero-order chi connectivity index (χ0) is 10.6. The highest BCUT2D eigenvalue weighted by atomic mass is 19.1. The summed E-state index contributed by atoms with van der Waals surface area (Å²) in [4.78, 5) is 0. The summed E-state index contributed by atoms with van der Waals surface area (Å²) in [7, 11) is 0. The number of hydrogen-bond donors (Lipinski definition) is 2. The molecule has 0 aromatic heterocycles. The van der Waals surface area contributed by atoms with Crippen LogP contribution in [0.2, 0.25) is 0 Å². The summed E-state index contributed by atoms with van der Waals surface area (Å²) in [6.45, 7) is 5.15. The number of nitrogens with one attached hydrogen (secondary N) is 1. The molecule has 1 aromatic rings. The number of hydrogen-bond acceptors (Lipinski definition) is 2. The summed E-state index contributed by atoms with van der Waals surface area (Å²) in [6, 6.07) is 5.30. The van der Waals surface area contributed by atoms with Crippen molar-refractivity contribution in [3.05, 3.63) is 35.1 Å². The van der Waals surface area contributed by atoms with Crippen molar-refractivity contribution in [2.45, 2.75) is 26.4 Å². The molecule has 78 valence electrons. The van der Waals surface area contributed by atoms with E-state index in [9.17, 15) is 4.39 Å². The molecular formula is C11H17FN2. The summed E-state index contributed by atoms with van der Waals surface area (Å²) in [5.41, 5.74) is 7.37. The van der Waals surface area contributed by atoms with Gasteiger partial charge in [-0.25, -0.2) is 4.39 Å². The zero-order valence-electron chi connectivity index (χ0n) is 8.68. The van der Waals surface area contributed by atoms with Crippen LogP contribution in [-0.2, 0) is 6.54 Å². The van der Waals surface area contributed by atoms with Gasteiger partial charge in [-0.3, -0.25) is 0 Å². The number of halogens is 1. The Bertz CT molecular complexity index is 279. The van der Waals surface area contributed by atoms with E-state index in [2.05, 4.69) is 5.32 Å². The van der Waals surface area contributed by atoms with E-state index >= 15 is 0 Å². The van der Waals surface area contributed by atoms with Crippen LogP contribution in [0, 0.1) is 12.7 Å². The van der Waals surface area contributed by atoms with Crippen molar-refractivity contribution in [1.29, 1.82) is 0 Å². The van der Waals surface area contributed by atoms with Gasteiger partial charge in [-0.15, -0.1) is 0 Å². The number of nitrogens with two attached hydrogens (primary N) is 1. The predicted molar refractivity (Wildman–Crippen MR) is 56.5 cm³/mol. The van der Waals surface area contributed by atoms with Crippen molar-refractivity contribution in [3.63, 3.8) is 0 Å². The monoisotopic (exact) mass is 196 g/mol. The van der Waals surface area contributed by atoms with Gasteiger partial charge in [0.1, 0.15) is 5.82 Å². The molecule has 0 aliphatic heterocycles. The van der Waals surface area contributed by atoms with Crippen LogP contribution >= 0.6 is 0 Å². The van der Waals surface area contributed by atoms with Gasteiger partial charge in [0.15, 0.2) is 0 Å². The van der Waals surface area contributed by atoms with E-state index in [1.165, 1.54) is 6.07 Å². The lowest BCUT2D eigenvalue weighted by Gasteiger charge is -2.11. The van der Waals surface area contributed by atoms with Crippen molar-refractivity contribution in [2.24, 2.45) is 5.73 Å². The lowest BCUT2D eigenvalue weighted by atomic mass is 10.1. The van der Waals surface area contributed by atoms with E-state index in [-0.39, 0.29) is 11.9 Å². The minimum Gasteiger partial charge on any atom is -0.329 e. The molecule has 0 aliphatic rings. The molecule has 1 atom stereocenters. The lowest BCUT2D eigenvalue weighted by Crippen LogP contribution is -2.32. The second-order valence-corrected chi connectivity index (χ2v) is 3.65. The zero-order valence-corrected chi connectivity index (χ0v) is 8.68. The normalized spacial score (nSPS) is 12.9. The summed E-state index contributed by atoms with van der Waals surface area (Å²) in [5.74, 6) is -0.179. The third-order valence-corrected chi connectivity index (χ3v) is 2.11. The first kappa shape index (κ1) is 11.1. The van der Waals surface area contributed by atoms with E-state index in [1.54, 1.807) is 6.07 Å². The Balaban J connectivity index is 2.58. The molecular weight excluding hydrogens is 179 g/mol. The van der Waals surface area contributed by atoms with Gasteiger partial charge < -0.3 is 11.1 Å². The molecule has 3 N–H and O–H groups in total. The van der Waals surface area contributed by atoms with Crippen LogP contribution in [0.15, 0.2) is 18.2 Å². The first-order chi connectivity index (χ1) is 6.61. The largest absolute Gasteiger partial charge is 0.329 e. The van der Waals surface area contributed by atoms with Crippen molar-refractivity contribution in [3.8, 4) is 0 Å². The molecule has 0 heterocycles. The number of aryl methyl sites for hydroxylation is 1. The Morgan fingerprint density at radius 3 is 2.71 bits per heavy atom. The number of rotatable bonds is 4. The van der Waals surface area contributed by atoms with Crippen molar-refractivity contribution >= 4 is 0 Å². The van der Waals surface area contributed by atoms with Crippen LogP contribution in [-0.4, -0.2) is 12.6 Å². The lowest BCUT2D eigenvalue weighted by molar-refractivity contribution is 0.552. The first-order valence-electron chi connectivity index (χ1n) is 4.81. The molecule has 1 rings (SSSR count). The minimum absolute atomic E-state index is 0.179. The quantitative estimate of drug-likeness (QED) is 0.767. The van der Waals surface area contributed by atoms with E-state index in [1.807, 2.05) is 19.9 Å². The highest BCUT2D eigenvalue weighted by molar-refractivity contribution is 5.23. The van der Waals surface area contributed by atoms with Gasteiger partial charge in [0.05, 0.1) is 0 Å². The van der Waals surface area contributed by atoms with Gasteiger partial charge >= 0.3 is 0 Å². The maximum absolute atomic E-state index is 13.0. The summed E-state index contributed by atoms with van der Waals surface area (Å²) in [6.07, 6.45) is 0. The molecule has 0 unspecified atom stereocenters. The van der Waals surface area contributed by atoms with Gasteiger partial charge in [0, 0.05) is 19.1 Å². The first-order valence-corrected chi connectivity index (χ1v) is 4.81. The van der Waals surface area contributed by atoms with Gasteiger partial charge in [-0.2, -0.15) is 0 Å². The van der Waals surface area contributed by atoms with E-state index in [0.29, 0.717) is 13.1 Å². The van der Waals surface area contributed by atoms with Crippen molar-refractivity contribution < 1.29 is 4.39 Å². The molecule has 0 aliphatic carbocycles. The average Bonchev–Trinajstić information content (AvgIpc) is 2.12. The average molecular weight is 196 g/mol. The van der Waals surface area contributed by atoms with E-state index in [0.717, 1.165) is 11.1 Å². The Kier molecular flexibility index (Phi) is 4.04. The Hall–Kier alpha value is -0.930. The fraction of sp³-hybridized carbons (Fsp3) is 0.455. The Labute approximate surface area is 84.3 Å². The van der Waals surface area contributed by atoms with Gasteiger partial charge in [0.25, 0.3) is 0 Å². The third-order valence-electron chi connectivity index (χ3n) is 2.11. The van der Waals surface area contributed by atoms with Gasteiger partial charge in [-0.05, 0) is 37.1 Å². The fourth-order valence-electron chi connectivity index (χ4n) is 1.29. The molecule has 0 bridgehead atoms. The van der Waals surface area contributed by atoms with Crippen LogP contribution in [0.3, 0.4) is 0 Å². The molecule has 1 aromatic carbocycles. The molecule has 0 amide bonds. The second-order valence-electron chi connectivity index (χ2n) is 3.65. The van der Waals surface area contributed by atoms with Gasteiger partial charge in [-0.1, -0.05) is 6.07 Å². The maximum atomic E-state index is 13.0. The van der Waals surface area contributed by atoms with Crippen molar-refractivity contribution in [1.82, 2.24) is 5.32 Å². The topological polar surface area (TPSA) is 38.0 Å². The molecule has 0 fully saturated rings. The van der Waals surface area contributed by atoms with Crippen LogP contribution in [0.25, 0.3) is 0 Å². The molecule has 0 spiro atoms. The van der Waals surface area contributed by atoms with Crippen molar-refractivity contribution in [2.75, 3.05) is 6.54 Å². The van der Waals surface area contributed by atoms with Crippen LogP contribution in [0.1, 0.15) is 18.1 Å². The summed E-state index contributed by atoms with van der Waals surface area (Å²) >= 11 is 0. The molecule has 0 radical (unpaired) electrons. The van der Waals surface area contributed by atoms with Crippen LogP contribution < -0.4 is 11.1 Å². The molecule has 3 heteroatoms. The second kappa shape index (κ2) is 5.08. The van der Waals surface area contributed by atoms with Crippen LogP contribution in [0.5, 0.6) is 0 Å². The Morgan fingerprint density at radius 2 is 2.14 bits per heavy atom. The van der Waals surface area contributed by atoms with Gasteiger partial charge in [0.2, 0.25) is 0 Å².